The molecule has 0 fully saturated rings. The Balaban J connectivity index is 2.32. The Kier molecular flexibility index (Phi) is 3.92. The highest BCUT2D eigenvalue weighted by Crippen LogP contribution is 2.26. The van der Waals surface area contributed by atoms with Crippen molar-refractivity contribution in [2.24, 2.45) is 0 Å². The highest BCUT2D eigenvalue weighted by atomic mass is 19.4. The van der Waals surface area contributed by atoms with Gasteiger partial charge in [-0.1, -0.05) is 13.8 Å². The van der Waals surface area contributed by atoms with Crippen molar-refractivity contribution in [2.45, 2.75) is 45.3 Å². The van der Waals surface area contributed by atoms with Gasteiger partial charge in [0.15, 0.2) is 0 Å². The number of nitrogens with two attached hydrogens (primary N) is 1. The van der Waals surface area contributed by atoms with Crippen molar-refractivity contribution in [1.29, 1.82) is 0 Å². The number of aromatic nitrogens is 2. The average Bonchev–Trinajstić information content (AvgIpc) is 2.66. The van der Waals surface area contributed by atoms with Gasteiger partial charge in [0.2, 0.25) is 0 Å². The molecule has 0 saturated heterocycles. The van der Waals surface area contributed by atoms with Gasteiger partial charge in [0, 0.05) is 24.6 Å². The monoisotopic (exact) mass is 285 g/mol. The molecule has 2 aromatic rings. The predicted octanol–water partition coefficient (Wildman–Crippen LogP) is 4.08. The quantitative estimate of drug-likeness (QED) is 0.860. The van der Waals surface area contributed by atoms with E-state index in [2.05, 4.69) is 4.98 Å². The summed E-state index contributed by atoms with van der Waals surface area (Å²) in [5.41, 5.74) is 7.90. The summed E-state index contributed by atoms with van der Waals surface area (Å²) < 4.78 is 38.7. The van der Waals surface area contributed by atoms with Crippen LogP contribution in [0.3, 0.4) is 0 Å². The van der Waals surface area contributed by atoms with Gasteiger partial charge in [-0.05, 0) is 24.6 Å². The van der Waals surface area contributed by atoms with Crippen molar-refractivity contribution in [3.63, 3.8) is 0 Å². The molecule has 0 unspecified atom stereocenters. The first-order valence-electron chi connectivity index (χ1n) is 6.60. The number of hydrogen-bond acceptors (Lipinski definition) is 2. The maximum Gasteiger partial charge on any atom is 0.389 e. The van der Waals surface area contributed by atoms with Gasteiger partial charge in [-0.25, -0.2) is 4.98 Å². The van der Waals surface area contributed by atoms with Crippen LogP contribution in [-0.4, -0.2) is 15.7 Å². The van der Waals surface area contributed by atoms with Crippen molar-refractivity contribution in [3.8, 4) is 0 Å². The lowest BCUT2D eigenvalue weighted by Gasteiger charge is -2.12. The number of alkyl halides is 3. The molecule has 110 valence electrons. The van der Waals surface area contributed by atoms with Crippen LogP contribution in [0.4, 0.5) is 18.9 Å². The predicted molar refractivity (Wildman–Crippen MR) is 73.5 cm³/mol. The van der Waals surface area contributed by atoms with Gasteiger partial charge in [0.25, 0.3) is 0 Å². The van der Waals surface area contributed by atoms with Gasteiger partial charge in [-0.3, -0.25) is 0 Å². The van der Waals surface area contributed by atoms with Crippen LogP contribution in [0.2, 0.25) is 0 Å². The first kappa shape index (κ1) is 14.7. The van der Waals surface area contributed by atoms with E-state index < -0.39 is 12.6 Å². The lowest BCUT2D eigenvalue weighted by molar-refractivity contribution is -0.135. The lowest BCUT2D eigenvalue weighted by atomic mass is 10.2. The Bertz CT molecular complexity index is 599. The summed E-state index contributed by atoms with van der Waals surface area (Å²) in [4.78, 5) is 4.49. The Hall–Kier alpha value is -1.72. The fourth-order valence-corrected chi connectivity index (χ4v) is 2.28. The molecule has 0 amide bonds. The Morgan fingerprint density at radius 3 is 2.60 bits per heavy atom. The molecule has 0 saturated carbocycles. The number of anilines is 1. The van der Waals surface area contributed by atoms with Crippen LogP contribution in [-0.2, 0) is 6.54 Å². The number of rotatable bonds is 4. The molecule has 20 heavy (non-hydrogen) atoms. The van der Waals surface area contributed by atoms with Crippen LogP contribution in [0, 0.1) is 0 Å². The Morgan fingerprint density at radius 1 is 1.30 bits per heavy atom. The normalized spacial score (nSPS) is 12.5. The van der Waals surface area contributed by atoms with Gasteiger partial charge in [0.1, 0.15) is 5.82 Å². The molecular formula is C14H18F3N3. The standard InChI is InChI=1S/C14H18F3N3/c1-9(2)13-19-11-8-10(18)4-5-12(11)20(13)7-3-6-14(15,16)17/h4-5,8-9H,3,6-7,18H2,1-2H3. The van der Waals surface area contributed by atoms with Crippen LogP contribution in [0.5, 0.6) is 0 Å². The zero-order valence-electron chi connectivity index (χ0n) is 11.5. The largest absolute Gasteiger partial charge is 0.399 e. The van der Waals surface area contributed by atoms with Gasteiger partial charge >= 0.3 is 6.18 Å². The van der Waals surface area contributed by atoms with Crippen molar-refractivity contribution in [3.05, 3.63) is 24.0 Å². The molecule has 0 aliphatic carbocycles. The molecular weight excluding hydrogens is 267 g/mol. The van der Waals surface area contributed by atoms with E-state index in [1.807, 2.05) is 24.5 Å². The molecule has 2 rings (SSSR count). The number of aryl methyl sites for hydroxylation is 1. The van der Waals surface area contributed by atoms with E-state index in [0.29, 0.717) is 12.2 Å². The van der Waals surface area contributed by atoms with Crippen LogP contribution < -0.4 is 5.73 Å². The topological polar surface area (TPSA) is 43.8 Å². The van der Waals surface area contributed by atoms with Gasteiger partial charge < -0.3 is 10.3 Å². The third-order valence-corrected chi connectivity index (χ3v) is 3.16. The van der Waals surface area contributed by atoms with E-state index in [1.165, 1.54) is 0 Å². The molecule has 0 radical (unpaired) electrons. The molecule has 1 heterocycles. The van der Waals surface area contributed by atoms with E-state index >= 15 is 0 Å². The van der Waals surface area contributed by atoms with Crippen LogP contribution in [0.15, 0.2) is 18.2 Å². The maximum atomic E-state index is 12.3. The second kappa shape index (κ2) is 5.34. The molecule has 6 heteroatoms. The summed E-state index contributed by atoms with van der Waals surface area (Å²) in [6.45, 7) is 4.27. The second-order valence-corrected chi connectivity index (χ2v) is 5.24. The lowest BCUT2D eigenvalue weighted by Crippen LogP contribution is -2.11. The van der Waals surface area contributed by atoms with Crippen molar-refractivity contribution in [2.75, 3.05) is 5.73 Å². The molecule has 1 aromatic carbocycles. The van der Waals surface area contributed by atoms with Crippen molar-refractivity contribution in [1.82, 2.24) is 9.55 Å². The summed E-state index contributed by atoms with van der Waals surface area (Å²) in [6, 6.07) is 5.31. The third kappa shape index (κ3) is 3.23. The van der Waals surface area contributed by atoms with Crippen LogP contribution >= 0.6 is 0 Å². The SMILES string of the molecule is CC(C)c1nc2cc(N)ccc2n1CCCC(F)(F)F. The fourth-order valence-electron chi connectivity index (χ4n) is 2.28. The first-order valence-corrected chi connectivity index (χ1v) is 6.60. The number of halogens is 3. The van der Waals surface area contributed by atoms with Crippen molar-refractivity contribution < 1.29 is 13.2 Å². The van der Waals surface area contributed by atoms with E-state index in [9.17, 15) is 13.2 Å². The number of nitrogen functional groups attached to an aromatic ring is 1. The molecule has 2 N–H and O–H groups in total. The number of nitrogens with zero attached hydrogens (tertiary/aromatic N) is 2. The third-order valence-electron chi connectivity index (χ3n) is 3.16. The van der Waals surface area contributed by atoms with Crippen LogP contribution in [0.1, 0.15) is 38.4 Å². The highest BCUT2D eigenvalue weighted by molar-refractivity contribution is 5.79. The van der Waals surface area contributed by atoms with Gasteiger partial charge in [0.05, 0.1) is 11.0 Å². The van der Waals surface area contributed by atoms with Gasteiger partial charge in [-0.2, -0.15) is 13.2 Å². The summed E-state index contributed by atoms with van der Waals surface area (Å²) >= 11 is 0. The van der Waals surface area contributed by atoms with E-state index in [4.69, 9.17) is 5.73 Å². The minimum Gasteiger partial charge on any atom is -0.399 e. The van der Waals surface area contributed by atoms with Crippen molar-refractivity contribution >= 4 is 16.7 Å². The number of fused-ring (bicyclic) bond motifs is 1. The smallest absolute Gasteiger partial charge is 0.389 e. The number of hydrogen-bond donors (Lipinski definition) is 1. The second-order valence-electron chi connectivity index (χ2n) is 5.24. The summed E-state index contributed by atoms with van der Waals surface area (Å²) in [7, 11) is 0. The zero-order valence-corrected chi connectivity index (χ0v) is 11.5. The Morgan fingerprint density at radius 2 is 2.00 bits per heavy atom. The molecule has 0 aliphatic heterocycles. The fraction of sp³-hybridized carbons (Fsp3) is 0.500. The Labute approximate surface area is 115 Å². The molecule has 0 atom stereocenters. The molecule has 0 bridgehead atoms. The molecule has 1 aromatic heterocycles. The summed E-state index contributed by atoms with van der Waals surface area (Å²) in [6.07, 6.45) is -4.84. The molecule has 0 aliphatic rings. The van der Waals surface area contributed by atoms with E-state index in [0.717, 1.165) is 16.9 Å². The van der Waals surface area contributed by atoms with E-state index in [1.54, 1.807) is 12.1 Å². The molecule has 0 spiro atoms. The number of benzene rings is 1. The van der Waals surface area contributed by atoms with Gasteiger partial charge in [-0.15, -0.1) is 0 Å². The van der Waals surface area contributed by atoms with Crippen LogP contribution in [0.25, 0.3) is 11.0 Å². The minimum absolute atomic E-state index is 0.0546. The summed E-state index contributed by atoms with van der Waals surface area (Å²) in [5, 5.41) is 0. The molecule has 3 nitrogen and oxygen atoms in total. The minimum atomic E-state index is -4.11. The first-order chi connectivity index (χ1) is 9.28. The zero-order chi connectivity index (χ0) is 14.9. The average molecular weight is 285 g/mol. The van der Waals surface area contributed by atoms with E-state index in [-0.39, 0.29) is 12.3 Å². The maximum absolute atomic E-state index is 12.3. The number of imidazole rings is 1. The highest BCUT2D eigenvalue weighted by Gasteiger charge is 2.26. The summed E-state index contributed by atoms with van der Waals surface area (Å²) in [5.74, 6) is 0.947.